The number of hydrogen-bond donors (Lipinski definition) is 6. The standard InChI is InChI=1S/C3H8NO5P.C2H2O4/c5-3(6)1-4-2-10(7,8)9;3-1(4)2(5)6/h4H,1-2H2,(H,5,6)(H2,7,8,9);(H,3,4)(H,5,6). The van der Waals surface area contributed by atoms with E-state index in [4.69, 9.17) is 34.7 Å². The van der Waals surface area contributed by atoms with Crippen LogP contribution in [0.2, 0.25) is 0 Å². The molecule has 6 N–H and O–H groups in total. The highest BCUT2D eigenvalue weighted by Gasteiger charge is 2.11. The molecular formula is C5H10NO9P. The van der Waals surface area contributed by atoms with Gasteiger partial charge in [0.1, 0.15) is 0 Å². The van der Waals surface area contributed by atoms with Gasteiger partial charge in [0.05, 0.1) is 12.8 Å². The summed E-state index contributed by atoms with van der Waals surface area (Å²) in [6.07, 6.45) is -0.598. The highest BCUT2D eigenvalue weighted by molar-refractivity contribution is 7.51. The average molecular weight is 259 g/mol. The van der Waals surface area contributed by atoms with E-state index in [0.717, 1.165) is 0 Å². The molecule has 0 bridgehead atoms. The van der Waals surface area contributed by atoms with Gasteiger partial charge in [-0.1, -0.05) is 0 Å². The van der Waals surface area contributed by atoms with Gasteiger partial charge in [0.15, 0.2) is 0 Å². The lowest BCUT2D eigenvalue weighted by Crippen LogP contribution is -2.23. The van der Waals surface area contributed by atoms with E-state index in [1.54, 1.807) is 0 Å². The number of aliphatic carboxylic acids is 3. The highest BCUT2D eigenvalue weighted by atomic mass is 31.2. The van der Waals surface area contributed by atoms with Crippen LogP contribution in [0.1, 0.15) is 0 Å². The van der Waals surface area contributed by atoms with Gasteiger partial charge in [-0.2, -0.15) is 0 Å². The van der Waals surface area contributed by atoms with Crippen LogP contribution in [-0.4, -0.2) is 55.8 Å². The summed E-state index contributed by atoms with van der Waals surface area (Å²) in [5.74, 6) is -4.79. The zero-order valence-electron chi connectivity index (χ0n) is 7.73. The predicted molar refractivity (Wildman–Crippen MR) is 47.8 cm³/mol. The Kier molecular flexibility index (Phi) is 8.22. The van der Waals surface area contributed by atoms with E-state index in [-0.39, 0.29) is 0 Å². The maximum absolute atomic E-state index is 10.1. The van der Waals surface area contributed by atoms with Crippen molar-refractivity contribution in [2.75, 3.05) is 12.8 Å². The maximum Gasteiger partial charge on any atom is 0.414 e. The topological polar surface area (TPSA) is 181 Å². The van der Waals surface area contributed by atoms with Crippen molar-refractivity contribution in [2.24, 2.45) is 0 Å². The number of nitrogens with one attached hydrogen (secondary N) is 1. The summed E-state index contributed by atoms with van der Waals surface area (Å²) in [6, 6.07) is 0. The normalized spacial score (nSPS) is 9.88. The van der Waals surface area contributed by atoms with E-state index < -0.39 is 38.3 Å². The zero-order chi connectivity index (χ0) is 13.4. The van der Waals surface area contributed by atoms with Gasteiger partial charge in [0, 0.05) is 0 Å². The van der Waals surface area contributed by atoms with E-state index in [1.807, 2.05) is 0 Å². The van der Waals surface area contributed by atoms with Crippen molar-refractivity contribution in [3.05, 3.63) is 0 Å². The molecule has 0 spiro atoms. The molecule has 0 saturated heterocycles. The molecule has 0 aliphatic rings. The van der Waals surface area contributed by atoms with Gasteiger partial charge in [-0.25, -0.2) is 9.59 Å². The second-order valence-corrected chi connectivity index (χ2v) is 3.90. The summed E-state index contributed by atoms with van der Waals surface area (Å²) in [5.41, 5.74) is 0. The molecule has 0 aromatic carbocycles. The van der Waals surface area contributed by atoms with Crippen LogP contribution in [0.5, 0.6) is 0 Å². The van der Waals surface area contributed by atoms with Crippen LogP contribution in [0.3, 0.4) is 0 Å². The molecule has 0 atom stereocenters. The van der Waals surface area contributed by atoms with Gasteiger partial charge in [-0.05, 0) is 0 Å². The molecule has 94 valence electrons. The molecule has 0 unspecified atom stereocenters. The fraction of sp³-hybridized carbons (Fsp3) is 0.400. The number of hydrogen-bond acceptors (Lipinski definition) is 5. The van der Waals surface area contributed by atoms with Crippen LogP contribution in [0, 0.1) is 0 Å². The number of carboxylic acids is 3. The van der Waals surface area contributed by atoms with Gasteiger partial charge in [-0.15, -0.1) is 0 Å². The molecule has 0 fully saturated rings. The third kappa shape index (κ3) is 18.3. The minimum absolute atomic E-state index is 0.439. The largest absolute Gasteiger partial charge is 0.480 e. The Morgan fingerprint density at radius 2 is 1.38 bits per heavy atom. The highest BCUT2D eigenvalue weighted by Crippen LogP contribution is 2.31. The monoisotopic (exact) mass is 259 g/mol. The predicted octanol–water partition coefficient (Wildman–Crippen LogP) is -2.05. The second kappa shape index (κ2) is 7.77. The van der Waals surface area contributed by atoms with Crippen molar-refractivity contribution in [2.45, 2.75) is 0 Å². The molecular weight excluding hydrogens is 249 g/mol. The molecule has 0 radical (unpaired) electrons. The first-order chi connectivity index (χ1) is 7.06. The summed E-state index contributed by atoms with van der Waals surface area (Å²) < 4.78 is 10.1. The molecule has 0 amide bonds. The molecule has 16 heavy (non-hydrogen) atoms. The zero-order valence-corrected chi connectivity index (χ0v) is 8.62. The Labute approximate surface area is 88.7 Å². The first kappa shape index (κ1) is 16.9. The molecule has 0 aliphatic heterocycles. The fourth-order valence-electron chi connectivity index (χ4n) is 0.308. The lowest BCUT2D eigenvalue weighted by atomic mass is 10.7. The van der Waals surface area contributed by atoms with E-state index in [9.17, 15) is 9.36 Å². The number of carboxylic acid groups (broad SMARTS) is 3. The van der Waals surface area contributed by atoms with Crippen molar-refractivity contribution in [1.29, 1.82) is 0 Å². The van der Waals surface area contributed by atoms with E-state index >= 15 is 0 Å². The lowest BCUT2D eigenvalue weighted by molar-refractivity contribution is -0.159. The van der Waals surface area contributed by atoms with Gasteiger partial charge < -0.3 is 25.1 Å². The van der Waals surface area contributed by atoms with E-state index in [2.05, 4.69) is 5.32 Å². The van der Waals surface area contributed by atoms with Crippen molar-refractivity contribution in [3.63, 3.8) is 0 Å². The number of rotatable bonds is 4. The van der Waals surface area contributed by atoms with Crippen LogP contribution < -0.4 is 5.32 Å². The van der Waals surface area contributed by atoms with Gasteiger partial charge >= 0.3 is 25.5 Å². The molecule has 0 aromatic rings. The summed E-state index contributed by atoms with van der Waals surface area (Å²) in [6.45, 7) is -0.439. The van der Waals surface area contributed by atoms with Crippen LogP contribution >= 0.6 is 7.60 Å². The molecule has 0 rings (SSSR count). The minimum atomic E-state index is -4.10. The molecule has 0 heterocycles. The first-order valence-corrected chi connectivity index (χ1v) is 5.29. The van der Waals surface area contributed by atoms with Crippen molar-refractivity contribution >= 4 is 25.5 Å². The third-order valence-electron chi connectivity index (χ3n) is 0.777. The third-order valence-corrected chi connectivity index (χ3v) is 1.41. The molecule has 0 saturated carbocycles. The molecule has 11 heteroatoms. The van der Waals surface area contributed by atoms with Crippen molar-refractivity contribution in [1.82, 2.24) is 5.32 Å². The van der Waals surface area contributed by atoms with E-state index in [1.165, 1.54) is 0 Å². The molecule has 0 aliphatic carbocycles. The number of carbonyl (C=O) groups is 3. The van der Waals surface area contributed by atoms with Crippen molar-refractivity contribution < 1.29 is 44.1 Å². The Hall–Kier alpha value is -1.48. The summed E-state index contributed by atoms with van der Waals surface area (Å²) in [5, 5.41) is 24.8. The second-order valence-electron chi connectivity index (χ2n) is 2.25. The Balaban J connectivity index is 0. The Morgan fingerprint density at radius 3 is 1.56 bits per heavy atom. The maximum atomic E-state index is 10.1. The Morgan fingerprint density at radius 1 is 1.00 bits per heavy atom. The molecule has 10 nitrogen and oxygen atoms in total. The van der Waals surface area contributed by atoms with Crippen LogP contribution in [0.25, 0.3) is 0 Å². The minimum Gasteiger partial charge on any atom is -0.480 e. The van der Waals surface area contributed by atoms with E-state index in [0.29, 0.717) is 0 Å². The van der Waals surface area contributed by atoms with Crippen LogP contribution in [-0.2, 0) is 18.9 Å². The smallest absolute Gasteiger partial charge is 0.414 e. The summed E-state index contributed by atoms with van der Waals surface area (Å²) in [7, 11) is -4.10. The fourth-order valence-corrected chi connectivity index (χ4v) is 0.712. The first-order valence-electron chi connectivity index (χ1n) is 3.49. The van der Waals surface area contributed by atoms with Crippen LogP contribution in [0.15, 0.2) is 0 Å². The van der Waals surface area contributed by atoms with Gasteiger partial charge in [0.2, 0.25) is 0 Å². The Bertz CT molecular complexity index is 295. The quantitative estimate of drug-likeness (QED) is 0.243. The summed E-state index contributed by atoms with van der Waals surface area (Å²) in [4.78, 5) is 44.3. The molecule has 0 aromatic heterocycles. The lowest BCUT2D eigenvalue weighted by Gasteiger charge is -2.02. The summed E-state index contributed by atoms with van der Waals surface area (Å²) >= 11 is 0. The average Bonchev–Trinajstić information content (AvgIpc) is 2.01. The van der Waals surface area contributed by atoms with Crippen LogP contribution in [0.4, 0.5) is 0 Å². The SMILES string of the molecule is O=C(O)C(=O)O.O=C(O)CNCP(=O)(O)O. The van der Waals surface area contributed by atoms with Gasteiger partial charge in [-0.3, -0.25) is 14.7 Å². The van der Waals surface area contributed by atoms with Gasteiger partial charge in [0.25, 0.3) is 0 Å². The van der Waals surface area contributed by atoms with Crippen molar-refractivity contribution in [3.8, 4) is 0 Å².